The Morgan fingerprint density at radius 3 is 2.59 bits per heavy atom. The fourth-order valence-electron chi connectivity index (χ4n) is 3.04. The lowest BCUT2D eigenvalue weighted by Crippen LogP contribution is -2.28. The van der Waals surface area contributed by atoms with Crippen molar-refractivity contribution >= 4 is 23.2 Å². The van der Waals surface area contributed by atoms with Gasteiger partial charge in [-0.2, -0.15) is 0 Å². The van der Waals surface area contributed by atoms with Crippen LogP contribution in [-0.4, -0.2) is 32.7 Å². The summed E-state index contributed by atoms with van der Waals surface area (Å²) >= 11 is 1.48. The maximum absolute atomic E-state index is 12.2. The number of carbonyl (C=O) groups excluding carboxylic acids is 2. The van der Waals surface area contributed by atoms with Gasteiger partial charge in [0.15, 0.2) is 18.1 Å². The van der Waals surface area contributed by atoms with Gasteiger partial charge in [-0.3, -0.25) is 4.79 Å². The zero-order valence-electron chi connectivity index (χ0n) is 15.5. The monoisotopic (exact) mass is 389 g/mol. The predicted octanol–water partition coefficient (Wildman–Crippen LogP) is 3.12. The van der Waals surface area contributed by atoms with E-state index < -0.39 is 5.97 Å². The zero-order valence-corrected chi connectivity index (χ0v) is 16.3. The molecule has 0 saturated heterocycles. The van der Waals surface area contributed by atoms with Crippen LogP contribution in [-0.2, 0) is 28.9 Å². The SMILES string of the molecule is COc1ccc(CNC(=O)COC(=O)c2cc3c(s2)CCCC3)cc1OC. The highest BCUT2D eigenvalue weighted by Gasteiger charge is 2.19. The standard InChI is InChI=1S/C20H23NO5S/c1-24-15-8-7-13(9-16(15)25-2)11-21-19(22)12-26-20(23)18-10-14-5-3-4-6-17(14)27-18/h7-10H,3-6,11-12H2,1-2H3,(H,21,22). The molecule has 0 fully saturated rings. The average molecular weight is 389 g/mol. The van der Waals surface area contributed by atoms with Crippen LogP contribution in [0.2, 0.25) is 0 Å². The Balaban J connectivity index is 1.48. The second-order valence-corrected chi connectivity index (χ2v) is 7.45. The number of hydrogen-bond acceptors (Lipinski definition) is 6. The number of fused-ring (bicyclic) bond motifs is 1. The minimum atomic E-state index is -0.435. The van der Waals surface area contributed by atoms with Crippen LogP contribution in [0, 0.1) is 0 Å². The lowest BCUT2D eigenvalue weighted by molar-refractivity contribution is -0.124. The van der Waals surface area contributed by atoms with E-state index in [-0.39, 0.29) is 12.5 Å². The molecule has 0 atom stereocenters. The maximum atomic E-state index is 12.2. The molecule has 1 heterocycles. The van der Waals surface area contributed by atoms with Crippen LogP contribution in [0.1, 0.15) is 38.5 Å². The predicted molar refractivity (Wildman–Crippen MR) is 103 cm³/mol. The van der Waals surface area contributed by atoms with E-state index >= 15 is 0 Å². The lowest BCUT2D eigenvalue weighted by Gasteiger charge is -2.10. The van der Waals surface area contributed by atoms with Crippen LogP contribution in [0.15, 0.2) is 24.3 Å². The summed E-state index contributed by atoms with van der Waals surface area (Å²) in [5.41, 5.74) is 2.11. The molecular formula is C20H23NO5S. The van der Waals surface area contributed by atoms with Gasteiger partial charge in [0.25, 0.3) is 5.91 Å². The largest absolute Gasteiger partial charge is 0.493 e. The van der Waals surface area contributed by atoms with Gasteiger partial charge in [0.2, 0.25) is 0 Å². The van der Waals surface area contributed by atoms with E-state index in [1.54, 1.807) is 26.4 Å². The van der Waals surface area contributed by atoms with Gasteiger partial charge >= 0.3 is 5.97 Å². The summed E-state index contributed by atoms with van der Waals surface area (Å²) in [5.74, 6) is 0.438. The Labute approximate surface area is 162 Å². The summed E-state index contributed by atoms with van der Waals surface area (Å²) in [6.07, 6.45) is 4.38. The number of rotatable bonds is 7. The molecule has 1 aromatic heterocycles. The minimum Gasteiger partial charge on any atom is -0.493 e. The second kappa shape index (κ2) is 8.90. The molecule has 1 aliphatic carbocycles. The summed E-state index contributed by atoms with van der Waals surface area (Å²) in [6.45, 7) is 0.0126. The molecule has 1 aromatic carbocycles. The van der Waals surface area contributed by atoms with Gasteiger partial charge in [0, 0.05) is 11.4 Å². The summed E-state index contributed by atoms with van der Waals surface area (Å²) in [4.78, 5) is 26.0. The van der Waals surface area contributed by atoms with E-state index in [0.29, 0.717) is 22.9 Å². The number of aryl methyl sites for hydroxylation is 2. The first-order valence-electron chi connectivity index (χ1n) is 8.87. The number of carbonyl (C=O) groups is 2. The van der Waals surface area contributed by atoms with E-state index in [4.69, 9.17) is 14.2 Å². The van der Waals surface area contributed by atoms with Crippen LogP contribution in [0.25, 0.3) is 0 Å². The molecule has 27 heavy (non-hydrogen) atoms. The van der Waals surface area contributed by atoms with Crippen molar-refractivity contribution in [2.24, 2.45) is 0 Å². The van der Waals surface area contributed by atoms with Crippen molar-refractivity contribution in [3.8, 4) is 11.5 Å². The van der Waals surface area contributed by atoms with Crippen molar-refractivity contribution in [3.05, 3.63) is 45.1 Å². The highest BCUT2D eigenvalue weighted by molar-refractivity contribution is 7.14. The van der Waals surface area contributed by atoms with Gasteiger partial charge in [-0.05, 0) is 55.0 Å². The number of amides is 1. The molecule has 1 N–H and O–H groups in total. The first-order chi connectivity index (χ1) is 13.1. The molecule has 0 bridgehead atoms. The Hall–Kier alpha value is -2.54. The maximum Gasteiger partial charge on any atom is 0.348 e. The lowest BCUT2D eigenvalue weighted by atomic mass is 9.99. The number of methoxy groups -OCH3 is 2. The van der Waals surface area contributed by atoms with Gasteiger partial charge in [-0.15, -0.1) is 11.3 Å². The molecule has 144 valence electrons. The van der Waals surface area contributed by atoms with Crippen LogP contribution in [0.3, 0.4) is 0 Å². The van der Waals surface area contributed by atoms with Crippen LogP contribution in [0.4, 0.5) is 0 Å². The third kappa shape index (κ3) is 4.80. The fourth-order valence-corrected chi connectivity index (χ4v) is 4.18. The number of esters is 1. The number of benzene rings is 1. The summed E-state index contributed by atoms with van der Waals surface area (Å²) in [5, 5.41) is 2.73. The minimum absolute atomic E-state index is 0.297. The van der Waals surface area contributed by atoms with Gasteiger partial charge in [0.05, 0.1) is 14.2 Å². The molecule has 0 radical (unpaired) electrons. The summed E-state index contributed by atoms with van der Waals surface area (Å²) in [7, 11) is 3.12. The van der Waals surface area contributed by atoms with Crippen molar-refractivity contribution in [2.45, 2.75) is 32.2 Å². The normalized spacial score (nSPS) is 12.8. The Morgan fingerprint density at radius 2 is 1.85 bits per heavy atom. The van der Waals surface area contributed by atoms with E-state index in [0.717, 1.165) is 24.8 Å². The fraction of sp³-hybridized carbons (Fsp3) is 0.400. The van der Waals surface area contributed by atoms with E-state index in [2.05, 4.69) is 5.32 Å². The molecule has 0 aliphatic heterocycles. The molecule has 6 nitrogen and oxygen atoms in total. The van der Waals surface area contributed by atoms with Crippen LogP contribution < -0.4 is 14.8 Å². The molecular weight excluding hydrogens is 366 g/mol. The van der Waals surface area contributed by atoms with Crippen molar-refractivity contribution in [2.75, 3.05) is 20.8 Å². The average Bonchev–Trinajstić information content (AvgIpc) is 3.14. The van der Waals surface area contributed by atoms with E-state index in [9.17, 15) is 9.59 Å². The van der Waals surface area contributed by atoms with Crippen LogP contribution >= 0.6 is 11.3 Å². The highest BCUT2D eigenvalue weighted by atomic mass is 32.1. The molecule has 3 rings (SSSR count). The van der Waals surface area contributed by atoms with E-state index in [1.165, 1.54) is 28.2 Å². The third-order valence-electron chi connectivity index (χ3n) is 4.47. The summed E-state index contributed by atoms with van der Waals surface area (Å²) in [6, 6.07) is 7.31. The Kier molecular flexibility index (Phi) is 6.34. The first-order valence-corrected chi connectivity index (χ1v) is 9.68. The second-order valence-electron chi connectivity index (χ2n) is 6.31. The highest BCUT2D eigenvalue weighted by Crippen LogP contribution is 2.30. The number of nitrogens with one attached hydrogen (secondary N) is 1. The molecule has 1 amide bonds. The van der Waals surface area contributed by atoms with Crippen LogP contribution in [0.5, 0.6) is 11.5 Å². The topological polar surface area (TPSA) is 73.9 Å². The van der Waals surface area contributed by atoms with Crippen molar-refractivity contribution in [1.82, 2.24) is 5.32 Å². The molecule has 1 aliphatic rings. The molecule has 0 spiro atoms. The molecule has 7 heteroatoms. The van der Waals surface area contributed by atoms with Crippen molar-refractivity contribution in [3.63, 3.8) is 0 Å². The van der Waals surface area contributed by atoms with E-state index in [1.807, 2.05) is 12.1 Å². The molecule has 0 unspecified atom stereocenters. The number of ether oxygens (including phenoxy) is 3. The zero-order chi connectivity index (χ0) is 19.2. The Bertz CT molecular complexity index is 806. The van der Waals surface area contributed by atoms with Gasteiger partial charge in [-0.25, -0.2) is 4.79 Å². The van der Waals surface area contributed by atoms with Gasteiger partial charge in [-0.1, -0.05) is 6.07 Å². The molecule has 2 aromatic rings. The number of thiophene rings is 1. The smallest absolute Gasteiger partial charge is 0.348 e. The Morgan fingerprint density at radius 1 is 1.07 bits per heavy atom. The quantitative estimate of drug-likeness (QED) is 0.737. The first kappa shape index (κ1) is 19.2. The van der Waals surface area contributed by atoms with Gasteiger partial charge < -0.3 is 19.5 Å². The third-order valence-corrected chi connectivity index (χ3v) is 5.69. The molecule has 0 saturated carbocycles. The van der Waals surface area contributed by atoms with Gasteiger partial charge in [0.1, 0.15) is 4.88 Å². The van der Waals surface area contributed by atoms with Crippen molar-refractivity contribution < 1.29 is 23.8 Å². The number of hydrogen-bond donors (Lipinski definition) is 1. The summed E-state index contributed by atoms with van der Waals surface area (Å²) < 4.78 is 15.6. The van der Waals surface area contributed by atoms with Crippen molar-refractivity contribution in [1.29, 1.82) is 0 Å².